The molecule has 1 aromatic heterocycles. The van der Waals surface area contributed by atoms with E-state index in [1.165, 1.54) is 11.3 Å². The van der Waals surface area contributed by atoms with E-state index < -0.39 is 11.7 Å². The largest absolute Gasteiger partial charge is 0.444 e. The van der Waals surface area contributed by atoms with Crippen molar-refractivity contribution in [2.45, 2.75) is 45.3 Å². The molecule has 1 aromatic rings. The fourth-order valence-electron chi connectivity index (χ4n) is 2.38. The smallest absolute Gasteiger partial charge is 0.407 e. The summed E-state index contributed by atoms with van der Waals surface area (Å²) in [4.78, 5) is 25.9. The second-order valence-electron chi connectivity index (χ2n) is 6.19. The van der Waals surface area contributed by atoms with E-state index >= 15 is 0 Å². The van der Waals surface area contributed by atoms with E-state index in [1.807, 2.05) is 42.5 Å². The second-order valence-corrected chi connectivity index (χ2v) is 6.97. The lowest BCUT2D eigenvalue weighted by atomic mass is 10.2. The molecule has 2 rings (SSSR count). The minimum atomic E-state index is -0.508. The van der Waals surface area contributed by atoms with Gasteiger partial charge < -0.3 is 15.0 Å². The van der Waals surface area contributed by atoms with Crippen LogP contribution in [0.1, 0.15) is 44.0 Å². The average molecular weight is 310 g/mol. The molecule has 0 unspecified atom stereocenters. The van der Waals surface area contributed by atoms with Gasteiger partial charge in [0.1, 0.15) is 5.60 Å². The third-order valence-electron chi connectivity index (χ3n) is 3.29. The predicted molar refractivity (Wildman–Crippen MR) is 82.6 cm³/mol. The van der Waals surface area contributed by atoms with Gasteiger partial charge >= 0.3 is 6.09 Å². The molecule has 1 saturated heterocycles. The van der Waals surface area contributed by atoms with Crippen molar-refractivity contribution >= 4 is 23.3 Å². The van der Waals surface area contributed by atoms with Gasteiger partial charge in [-0.1, -0.05) is 0 Å². The van der Waals surface area contributed by atoms with E-state index in [0.29, 0.717) is 6.54 Å². The molecule has 0 aromatic carbocycles. The number of thiophene rings is 1. The lowest BCUT2D eigenvalue weighted by Gasteiger charge is -2.26. The molecule has 1 fully saturated rings. The van der Waals surface area contributed by atoms with E-state index in [0.717, 1.165) is 24.9 Å². The SMILES string of the molecule is CC(C)(C)OC(=O)NC[C@H]1CCCN1C(=O)c1ccsc1. The Morgan fingerprint density at radius 1 is 1.48 bits per heavy atom. The molecule has 1 aliphatic rings. The highest BCUT2D eigenvalue weighted by atomic mass is 32.1. The molecule has 5 nitrogen and oxygen atoms in total. The number of ether oxygens (including phenoxy) is 1. The summed E-state index contributed by atoms with van der Waals surface area (Å²) < 4.78 is 5.21. The standard InChI is InChI=1S/C15H22N2O3S/c1-15(2,3)20-14(19)16-9-12-5-4-7-17(12)13(18)11-6-8-21-10-11/h6,8,10,12H,4-5,7,9H2,1-3H3,(H,16,19)/t12-/m1/s1. The maximum atomic E-state index is 12.4. The molecule has 21 heavy (non-hydrogen) atoms. The predicted octanol–water partition coefficient (Wildman–Crippen LogP) is 2.88. The molecule has 0 spiro atoms. The molecular weight excluding hydrogens is 288 g/mol. The van der Waals surface area contributed by atoms with Gasteiger partial charge in [-0.15, -0.1) is 0 Å². The number of amides is 2. The Morgan fingerprint density at radius 2 is 2.24 bits per heavy atom. The summed E-state index contributed by atoms with van der Waals surface area (Å²) in [5.41, 5.74) is 0.218. The number of alkyl carbamates (subject to hydrolysis) is 1. The lowest BCUT2D eigenvalue weighted by Crippen LogP contribution is -2.44. The van der Waals surface area contributed by atoms with Crippen molar-refractivity contribution in [2.75, 3.05) is 13.1 Å². The van der Waals surface area contributed by atoms with Gasteiger partial charge in [0.2, 0.25) is 0 Å². The fraction of sp³-hybridized carbons (Fsp3) is 0.600. The minimum absolute atomic E-state index is 0.0461. The van der Waals surface area contributed by atoms with Gasteiger partial charge in [0.05, 0.1) is 5.56 Å². The van der Waals surface area contributed by atoms with Crippen molar-refractivity contribution in [2.24, 2.45) is 0 Å². The summed E-state index contributed by atoms with van der Waals surface area (Å²) in [5.74, 6) is 0.0461. The molecule has 1 N–H and O–H groups in total. The molecular formula is C15H22N2O3S. The van der Waals surface area contributed by atoms with E-state index in [1.54, 1.807) is 0 Å². The number of carbonyl (C=O) groups excluding carboxylic acids is 2. The summed E-state index contributed by atoms with van der Waals surface area (Å²) in [6.07, 6.45) is 1.44. The van der Waals surface area contributed by atoms with Gasteiger partial charge in [0.15, 0.2) is 0 Å². The summed E-state index contributed by atoms with van der Waals surface area (Å²) >= 11 is 1.52. The Hall–Kier alpha value is -1.56. The highest BCUT2D eigenvalue weighted by Crippen LogP contribution is 2.20. The van der Waals surface area contributed by atoms with Crippen LogP contribution in [0.25, 0.3) is 0 Å². The number of nitrogens with zero attached hydrogens (tertiary/aromatic N) is 1. The molecule has 2 heterocycles. The molecule has 2 amide bonds. The Balaban J connectivity index is 1.88. The number of carbonyl (C=O) groups is 2. The van der Waals surface area contributed by atoms with Crippen molar-refractivity contribution < 1.29 is 14.3 Å². The normalized spacial score (nSPS) is 18.6. The number of hydrogen-bond acceptors (Lipinski definition) is 4. The molecule has 0 saturated carbocycles. The molecule has 6 heteroatoms. The van der Waals surface area contributed by atoms with Crippen LogP contribution in [-0.4, -0.2) is 41.6 Å². The summed E-state index contributed by atoms with van der Waals surface area (Å²) in [6, 6.07) is 1.88. The van der Waals surface area contributed by atoms with Crippen LogP contribution in [0.2, 0.25) is 0 Å². The molecule has 0 aliphatic carbocycles. The Kier molecular flexibility index (Phi) is 4.88. The zero-order valence-electron chi connectivity index (χ0n) is 12.7. The van der Waals surface area contributed by atoms with Crippen LogP contribution in [0.3, 0.4) is 0 Å². The van der Waals surface area contributed by atoms with Crippen molar-refractivity contribution in [1.82, 2.24) is 10.2 Å². The maximum absolute atomic E-state index is 12.4. The summed E-state index contributed by atoms with van der Waals surface area (Å²) in [6.45, 7) is 6.66. The molecule has 116 valence electrons. The minimum Gasteiger partial charge on any atom is -0.444 e. The summed E-state index contributed by atoms with van der Waals surface area (Å²) in [7, 11) is 0. The van der Waals surface area contributed by atoms with Crippen molar-refractivity contribution in [3.8, 4) is 0 Å². The zero-order valence-corrected chi connectivity index (χ0v) is 13.5. The van der Waals surface area contributed by atoms with Crippen LogP contribution < -0.4 is 5.32 Å². The molecule has 1 atom stereocenters. The van der Waals surface area contributed by atoms with Crippen molar-refractivity contribution in [3.05, 3.63) is 22.4 Å². The first-order valence-electron chi connectivity index (χ1n) is 7.17. The van der Waals surface area contributed by atoms with Crippen LogP contribution >= 0.6 is 11.3 Å². The van der Waals surface area contributed by atoms with Gasteiger partial charge in [0.25, 0.3) is 5.91 Å². The zero-order chi connectivity index (χ0) is 15.5. The van der Waals surface area contributed by atoms with Crippen molar-refractivity contribution in [1.29, 1.82) is 0 Å². The highest BCUT2D eigenvalue weighted by Gasteiger charge is 2.30. The highest BCUT2D eigenvalue weighted by molar-refractivity contribution is 7.08. The van der Waals surface area contributed by atoms with E-state index in [2.05, 4.69) is 5.32 Å². The number of nitrogens with one attached hydrogen (secondary N) is 1. The van der Waals surface area contributed by atoms with Crippen LogP contribution in [0.4, 0.5) is 4.79 Å². The van der Waals surface area contributed by atoms with Gasteiger partial charge in [-0.3, -0.25) is 4.79 Å². The second kappa shape index (κ2) is 6.47. The van der Waals surface area contributed by atoms with Crippen LogP contribution in [-0.2, 0) is 4.74 Å². The first-order chi connectivity index (χ1) is 9.87. The van der Waals surface area contributed by atoms with Gasteiger partial charge in [-0.2, -0.15) is 11.3 Å². The number of hydrogen-bond donors (Lipinski definition) is 1. The van der Waals surface area contributed by atoms with Crippen molar-refractivity contribution in [3.63, 3.8) is 0 Å². The monoisotopic (exact) mass is 310 g/mol. The first-order valence-corrected chi connectivity index (χ1v) is 8.11. The van der Waals surface area contributed by atoms with Gasteiger partial charge in [0, 0.05) is 24.5 Å². The third-order valence-corrected chi connectivity index (χ3v) is 3.97. The van der Waals surface area contributed by atoms with Crippen LogP contribution in [0.5, 0.6) is 0 Å². The topological polar surface area (TPSA) is 58.6 Å². The molecule has 0 radical (unpaired) electrons. The van der Waals surface area contributed by atoms with E-state index in [4.69, 9.17) is 4.74 Å². The van der Waals surface area contributed by atoms with Gasteiger partial charge in [-0.25, -0.2) is 4.79 Å². The van der Waals surface area contributed by atoms with Gasteiger partial charge in [-0.05, 0) is 45.1 Å². The van der Waals surface area contributed by atoms with E-state index in [-0.39, 0.29) is 11.9 Å². The Labute approximate surface area is 129 Å². The number of rotatable bonds is 3. The van der Waals surface area contributed by atoms with Crippen LogP contribution in [0.15, 0.2) is 16.8 Å². The van der Waals surface area contributed by atoms with Crippen LogP contribution in [0, 0.1) is 0 Å². The first kappa shape index (κ1) is 15.8. The molecule has 0 bridgehead atoms. The third kappa shape index (κ3) is 4.46. The summed E-state index contributed by atoms with van der Waals surface area (Å²) in [5, 5.41) is 6.52. The Bertz CT molecular complexity index is 494. The lowest BCUT2D eigenvalue weighted by molar-refractivity contribution is 0.0501. The van der Waals surface area contributed by atoms with E-state index in [9.17, 15) is 9.59 Å². The Morgan fingerprint density at radius 3 is 2.86 bits per heavy atom. The average Bonchev–Trinajstić information content (AvgIpc) is 3.05. The fourth-order valence-corrected chi connectivity index (χ4v) is 3.01. The quantitative estimate of drug-likeness (QED) is 0.934. The number of likely N-dealkylation sites (tertiary alicyclic amines) is 1. The maximum Gasteiger partial charge on any atom is 0.407 e. The molecule has 1 aliphatic heterocycles.